The SMILES string of the molecule is COc1cccc([C@]23CC(=O)CN[C@H]2Cc2cccc(OC)c23)c1. The molecule has 1 N–H and O–H groups in total. The molecule has 0 unspecified atom stereocenters. The number of piperidine rings is 1. The van der Waals surface area contributed by atoms with Crippen LogP contribution in [0, 0.1) is 0 Å². The minimum atomic E-state index is -0.397. The fraction of sp³-hybridized carbons (Fsp3) is 0.350. The monoisotopic (exact) mass is 323 g/mol. The van der Waals surface area contributed by atoms with E-state index in [2.05, 4.69) is 23.5 Å². The zero-order chi connectivity index (χ0) is 16.7. The Kier molecular flexibility index (Phi) is 3.57. The first-order valence-electron chi connectivity index (χ1n) is 8.25. The number of ether oxygens (including phenoxy) is 2. The zero-order valence-electron chi connectivity index (χ0n) is 14.0. The van der Waals surface area contributed by atoms with E-state index in [1.165, 1.54) is 5.56 Å². The van der Waals surface area contributed by atoms with E-state index in [0.29, 0.717) is 13.0 Å². The first-order chi connectivity index (χ1) is 11.7. The summed E-state index contributed by atoms with van der Waals surface area (Å²) in [6.45, 7) is 0.437. The molecule has 2 atom stereocenters. The van der Waals surface area contributed by atoms with Gasteiger partial charge in [0.05, 0.1) is 20.8 Å². The fourth-order valence-corrected chi connectivity index (χ4v) is 4.41. The van der Waals surface area contributed by atoms with Gasteiger partial charge in [0.1, 0.15) is 17.3 Å². The number of ketones is 1. The number of nitrogens with one attached hydrogen (secondary N) is 1. The number of hydrogen-bond acceptors (Lipinski definition) is 4. The third-order valence-corrected chi connectivity index (χ3v) is 5.40. The molecule has 0 radical (unpaired) electrons. The second-order valence-corrected chi connectivity index (χ2v) is 6.55. The van der Waals surface area contributed by atoms with Gasteiger partial charge in [0.25, 0.3) is 0 Å². The highest BCUT2D eigenvalue weighted by atomic mass is 16.5. The standard InChI is InChI=1S/C20H21NO3/c1-23-16-7-4-6-14(10-16)20-11-15(22)12-21-18(20)9-13-5-3-8-17(24-2)19(13)20/h3-8,10,18,21H,9,11-12H2,1-2H3/t18-,20+/m0/s1. The number of carbonyl (C=O) groups excluding carboxylic acids is 1. The Hall–Kier alpha value is -2.33. The molecule has 0 bridgehead atoms. The van der Waals surface area contributed by atoms with E-state index in [0.717, 1.165) is 29.0 Å². The molecule has 0 spiro atoms. The van der Waals surface area contributed by atoms with E-state index in [1.54, 1.807) is 14.2 Å². The van der Waals surface area contributed by atoms with Crippen LogP contribution in [0.3, 0.4) is 0 Å². The Morgan fingerprint density at radius 3 is 2.75 bits per heavy atom. The normalized spacial score (nSPS) is 25.1. The molecule has 1 fully saturated rings. The third-order valence-electron chi connectivity index (χ3n) is 5.40. The molecule has 4 nitrogen and oxygen atoms in total. The van der Waals surface area contributed by atoms with Crippen LogP contribution in [0.1, 0.15) is 23.1 Å². The molecule has 1 heterocycles. The average Bonchev–Trinajstić information content (AvgIpc) is 2.96. The van der Waals surface area contributed by atoms with E-state index < -0.39 is 5.41 Å². The predicted octanol–water partition coefficient (Wildman–Crippen LogP) is 2.48. The molecule has 0 amide bonds. The largest absolute Gasteiger partial charge is 0.497 e. The summed E-state index contributed by atoms with van der Waals surface area (Å²) in [5, 5.41) is 3.46. The van der Waals surface area contributed by atoms with Crippen molar-refractivity contribution < 1.29 is 14.3 Å². The van der Waals surface area contributed by atoms with Crippen molar-refractivity contribution in [2.75, 3.05) is 20.8 Å². The van der Waals surface area contributed by atoms with E-state index >= 15 is 0 Å². The van der Waals surface area contributed by atoms with E-state index in [4.69, 9.17) is 9.47 Å². The highest BCUT2D eigenvalue weighted by Gasteiger charge is 2.53. The van der Waals surface area contributed by atoms with Crippen LogP contribution in [0.4, 0.5) is 0 Å². The molecule has 1 aliphatic carbocycles. The molecule has 2 aliphatic rings. The van der Waals surface area contributed by atoms with Crippen LogP contribution in [0.25, 0.3) is 0 Å². The summed E-state index contributed by atoms with van der Waals surface area (Å²) < 4.78 is 11.1. The van der Waals surface area contributed by atoms with Gasteiger partial charge in [-0.1, -0.05) is 24.3 Å². The van der Waals surface area contributed by atoms with Gasteiger partial charge < -0.3 is 14.8 Å². The molecule has 4 rings (SSSR count). The smallest absolute Gasteiger partial charge is 0.147 e. The van der Waals surface area contributed by atoms with Crippen molar-refractivity contribution in [1.29, 1.82) is 0 Å². The van der Waals surface area contributed by atoms with Crippen molar-refractivity contribution in [3.8, 4) is 11.5 Å². The molecule has 2 aromatic rings. The number of carbonyl (C=O) groups is 1. The van der Waals surface area contributed by atoms with Crippen LogP contribution in [-0.4, -0.2) is 32.6 Å². The third kappa shape index (κ3) is 2.06. The second kappa shape index (κ2) is 5.64. The number of fused-ring (bicyclic) bond motifs is 3. The molecule has 0 aromatic heterocycles. The second-order valence-electron chi connectivity index (χ2n) is 6.55. The van der Waals surface area contributed by atoms with Gasteiger partial charge in [0, 0.05) is 23.4 Å². The predicted molar refractivity (Wildman–Crippen MR) is 91.9 cm³/mol. The van der Waals surface area contributed by atoms with Gasteiger partial charge in [-0.25, -0.2) is 0 Å². The summed E-state index contributed by atoms with van der Waals surface area (Å²) >= 11 is 0. The molecule has 0 saturated carbocycles. The van der Waals surface area contributed by atoms with Gasteiger partial charge in [0.15, 0.2) is 0 Å². The lowest BCUT2D eigenvalue weighted by atomic mass is 9.67. The number of benzene rings is 2. The van der Waals surface area contributed by atoms with Crippen LogP contribution in [0.15, 0.2) is 42.5 Å². The zero-order valence-corrected chi connectivity index (χ0v) is 14.0. The molecule has 2 aromatic carbocycles. The van der Waals surface area contributed by atoms with E-state index in [9.17, 15) is 4.79 Å². The molecule has 24 heavy (non-hydrogen) atoms. The van der Waals surface area contributed by atoms with Crippen LogP contribution >= 0.6 is 0 Å². The van der Waals surface area contributed by atoms with E-state index in [1.807, 2.05) is 24.3 Å². The van der Waals surface area contributed by atoms with Crippen LogP contribution in [-0.2, 0) is 16.6 Å². The summed E-state index contributed by atoms with van der Waals surface area (Å²) in [5.74, 6) is 1.89. The number of methoxy groups -OCH3 is 2. The van der Waals surface area contributed by atoms with Crippen molar-refractivity contribution in [3.05, 3.63) is 59.2 Å². The maximum Gasteiger partial charge on any atom is 0.147 e. The van der Waals surface area contributed by atoms with Crippen LogP contribution < -0.4 is 14.8 Å². The van der Waals surface area contributed by atoms with Crippen molar-refractivity contribution in [1.82, 2.24) is 5.32 Å². The highest BCUT2D eigenvalue weighted by Crippen LogP contribution is 2.52. The van der Waals surface area contributed by atoms with Gasteiger partial charge in [-0.3, -0.25) is 4.79 Å². The Morgan fingerprint density at radius 1 is 1.12 bits per heavy atom. The first kappa shape index (κ1) is 15.2. The molecule has 124 valence electrons. The van der Waals surface area contributed by atoms with Crippen molar-refractivity contribution in [3.63, 3.8) is 0 Å². The van der Waals surface area contributed by atoms with Gasteiger partial charge in [0.2, 0.25) is 0 Å². The summed E-state index contributed by atoms with van der Waals surface area (Å²) in [6, 6.07) is 14.4. The lowest BCUT2D eigenvalue weighted by Gasteiger charge is -2.41. The number of rotatable bonds is 3. The lowest BCUT2D eigenvalue weighted by molar-refractivity contribution is -0.121. The average molecular weight is 323 g/mol. The molecule has 4 heteroatoms. The molecular weight excluding hydrogens is 302 g/mol. The summed E-state index contributed by atoms with van der Waals surface area (Å²) in [7, 11) is 3.36. The van der Waals surface area contributed by atoms with Crippen LogP contribution in [0.5, 0.6) is 11.5 Å². The number of Topliss-reactive ketones (excluding diaryl/α,β-unsaturated/α-hetero) is 1. The summed E-state index contributed by atoms with van der Waals surface area (Å²) in [6.07, 6.45) is 1.39. The van der Waals surface area contributed by atoms with Crippen molar-refractivity contribution >= 4 is 5.78 Å². The van der Waals surface area contributed by atoms with Gasteiger partial charge >= 0.3 is 0 Å². The summed E-state index contributed by atoms with van der Waals surface area (Å²) in [4.78, 5) is 12.4. The summed E-state index contributed by atoms with van der Waals surface area (Å²) in [5.41, 5.74) is 3.11. The highest BCUT2D eigenvalue weighted by molar-refractivity contribution is 5.85. The Morgan fingerprint density at radius 2 is 1.96 bits per heavy atom. The first-order valence-corrected chi connectivity index (χ1v) is 8.25. The van der Waals surface area contributed by atoms with Crippen molar-refractivity contribution in [2.45, 2.75) is 24.3 Å². The maximum atomic E-state index is 12.4. The quantitative estimate of drug-likeness (QED) is 0.943. The Bertz CT molecular complexity index is 801. The fourth-order valence-electron chi connectivity index (χ4n) is 4.41. The van der Waals surface area contributed by atoms with E-state index in [-0.39, 0.29) is 11.8 Å². The minimum absolute atomic E-state index is 0.189. The minimum Gasteiger partial charge on any atom is -0.497 e. The maximum absolute atomic E-state index is 12.4. The number of hydrogen-bond donors (Lipinski definition) is 1. The van der Waals surface area contributed by atoms with Crippen molar-refractivity contribution in [2.24, 2.45) is 0 Å². The Balaban J connectivity index is 1.99. The molecular formula is C20H21NO3. The topological polar surface area (TPSA) is 47.6 Å². The van der Waals surface area contributed by atoms with Gasteiger partial charge in [-0.2, -0.15) is 0 Å². The molecule has 1 aliphatic heterocycles. The lowest BCUT2D eigenvalue weighted by Crippen LogP contribution is -2.54. The van der Waals surface area contributed by atoms with Gasteiger partial charge in [-0.15, -0.1) is 0 Å². The van der Waals surface area contributed by atoms with Crippen LogP contribution in [0.2, 0.25) is 0 Å². The Labute approximate surface area is 141 Å². The van der Waals surface area contributed by atoms with Gasteiger partial charge in [-0.05, 0) is 35.7 Å². The molecule has 1 saturated heterocycles.